The molecule has 0 amide bonds. The van der Waals surface area contributed by atoms with E-state index in [1.165, 1.54) is 38.1 Å². The van der Waals surface area contributed by atoms with Crippen LogP contribution in [0, 0.1) is 0 Å². The Labute approximate surface area is 360 Å². The van der Waals surface area contributed by atoms with E-state index in [2.05, 4.69) is 10.2 Å². The summed E-state index contributed by atoms with van der Waals surface area (Å²) in [4.78, 5) is 52.9. The minimum absolute atomic E-state index is 0.0604. The van der Waals surface area contributed by atoms with Crippen molar-refractivity contribution in [2.24, 2.45) is 0 Å². The van der Waals surface area contributed by atoms with Gasteiger partial charge in [0.25, 0.3) is 11.4 Å². The number of hydrogen-bond donors (Lipinski definition) is 3. The molecule has 1 aromatic heterocycles. The fourth-order valence-electron chi connectivity index (χ4n) is 6.60. The summed E-state index contributed by atoms with van der Waals surface area (Å²) < 4.78 is 105. The number of aromatic amines is 1. The van der Waals surface area contributed by atoms with Crippen LogP contribution in [0.4, 0.5) is 8.78 Å². The lowest BCUT2D eigenvalue weighted by molar-refractivity contribution is -0.200. The number of alkyl halides is 2. The third-order valence-electron chi connectivity index (χ3n) is 9.48. The number of H-pyrrole nitrogens is 1. The summed E-state index contributed by atoms with van der Waals surface area (Å²) in [6, 6.07) is 21.2. The van der Waals surface area contributed by atoms with Crippen LogP contribution in [0.25, 0.3) is 21.5 Å². The number of aromatic nitrogens is 2. The number of carbonyl (C=O) groups is 2. The third kappa shape index (κ3) is 11.3. The largest absolute Gasteiger partial charge is 0.462 e. The number of nitrogens with zero attached hydrogens (tertiary/aromatic N) is 1. The number of hydrogen-bond acceptors (Lipinski definition) is 13. The van der Waals surface area contributed by atoms with Crippen molar-refractivity contribution in [3.63, 3.8) is 0 Å². The highest BCUT2D eigenvalue weighted by Crippen LogP contribution is 2.58. The Balaban J connectivity index is 1.42. The minimum Gasteiger partial charge on any atom is -0.462 e. The van der Waals surface area contributed by atoms with E-state index in [9.17, 15) is 23.7 Å². The van der Waals surface area contributed by atoms with Gasteiger partial charge < -0.3 is 23.3 Å². The van der Waals surface area contributed by atoms with E-state index in [0.717, 1.165) is 30.0 Å². The molecule has 1 aliphatic rings. The maximum atomic E-state index is 18.0. The molecule has 2 unspecified atom stereocenters. The molecule has 63 heavy (non-hydrogen) atoms. The average Bonchev–Trinajstić information content (AvgIpc) is 3.39. The van der Waals surface area contributed by atoms with Gasteiger partial charge in [-0.2, -0.15) is 10.2 Å². The molecule has 1 saturated heterocycles. The van der Waals surface area contributed by atoms with Crippen molar-refractivity contribution in [1.82, 2.24) is 19.7 Å². The van der Waals surface area contributed by atoms with Crippen molar-refractivity contribution in [2.75, 3.05) is 6.61 Å². The van der Waals surface area contributed by atoms with E-state index in [1.807, 2.05) is 11.1 Å². The molecule has 6 rings (SSSR count). The molecule has 0 radical (unpaired) electrons. The van der Waals surface area contributed by atoms with E-state index in [4.69, 9.17) is 32.3 Å². The molecule has 17 nitrogen and oxygen atoms in total. The fourth-order valence-corrected chi connectivity index (χ4v) is 9.87. The van der Waals surface area contributed by atoms with Crippen LogP contribution >= 0.6 is 15.5 Å². The lowest BCUT2D eigenvalue weighted by Gasteiger charge is -2.34. The minimum atomic E-state index is -5.20. The van der Waals surface area contributed by atoms with Gasteiger partial charge in [-0.05, 0) is 94.3 Å². The van der Waals surface area contributed by atoms with Crippen molar-refractivity contribution >= 4 is 49.0 Å². The zero-order valence-electron chi connectivity index (χ0n) is 35.3. The van der Waals surface area contributed by atoms with Gasteiger partial charge in [0.15, 0.2) is 18.0 Å². The summed E-state index contributed by atoms with van der Waals surface area (Å²) in [6.45, 7) is 8.03. The molecular weight excluding hydrogens is 868 g/mol. The predicted molar refractivity (Wildman–Crippen MR) is 228 cm³/mol. The van der Waals surface area contributed by atoms with Crippen LogP contribution in [0.2, 0.25) is 0 Å². The highest BCUT2D eigenvalue weighted by atomic mass is 31.2. The summed E-state index contributed by atoms with van der Waals surface area (Å²) in [5.41, 5.74) is -5.35. The Morgan fingerprint density at radius 2 is 1.22 bits per heavy atom. The zero-order valence-corrected chi connectivity index (χ0v) is 37.1. The lowest BCUT2D eigenvalue weighted by Crippen LogP contribution is -2.50. The van der Waals surface area contributed by atoms with Gasteiger partial charge in [0.1, 0.15) is 30.2 Å². The molecule has 0 bridgehead atoms. The zero-order chi connectivity index (χ0) is 45.9. The quantitative estimate of drug-likeness (QED) is 0.0577. The normalized spacial score (nSPS) is 22.9. The molecule has 21 heteroatoms. The number of benzene rings is 4. The lowest BCUT2D eigenvalue weighted by atomic mass is 9.97. The highest BCUT2D eigenvalue weighted by molar-refractivity contribution is 7.52. The van der Waals surface area contributed by atoms with Crippen LogP contribution in [0.15, 0.2) is 107 Å². The van der Waals surface area contributed by atoms with E-state index in [-0.39, 0.29) is 11.5 Å². The Kier molecular flexibility index (Phi) is 14.1. The molecule has 0 aliphatic carbocycles. The summed E-state index contributed by atoms with van der Waals surface area (Å²) in [5, 5.41) is 7.61. The molecule has 0 saturated carbocycles. The molecular formula is C42H48F2N4O13P2. The van der Waals surface area contributed by atoms with Gasteiger partial charge in [-0.25, -0.2) is 22.7 Å². The van der Waals surface area contributed by atoms with E-state index < -0.39 is 93.4 Å². The first-order chi connectivity index (χ1) is 29.6. The Bertz CT molecular complexity index is 2700. The number of esters is 2. The predicted octanol–water partition coefficient (Wildman–Crippen LogP) is 7.40. The van der Waals surface area contributed by atoms with Crippen molar-refractivity contribution in [3.8, 4) is 11.5 Å². The first kappa shape index (κ1) is 47.2. The Hall–Kier alpha value is -5.26. The first-order valence-corrected chi connectivity index (χ1v) is 22.9. The second-order valence-electron chi connectivity index (χ2n) is 15.6. The van der Waals surface area contributed by atoms with E-state index in [0.29, 0.717) is 15.3 Å². The molecule has 4 aromatic carbocycles. The molecule has 5 aromatic rings. The Morgan fingerprint density at radius 1 is 0.746 bits per heavy atom. The first-order valence-electron chi connectivity index (χ1n) is 19.8. The van der Waals surface area contributed by atoms with Crippen molar-refractivity contribution in [2.45, 2.75) is 96.6 Å². The van der Waals surface area contributed by atoms with Gasteiger partial charge in [-0.15, -0.1) is 0 Å². The van der Waals surface area contributed by atoms with Gasteiger partial charge in [-0.1, -0.05) is 60.7 Å². The second kappa shape index (κ2) is 18.8. The van der Waals surface area contributed by atoms with Gasteiger partial charge in [0, 0.05) is 12.3 Å². The van der Waals surface area contributed by atoms with Gasteiger partial charge in [0.2, 0.25) is 0 Å². The standard InChI is InChI=1S/C42H48F2N4O13P2/c1-25(2)56-36(50)27(5)46-62(53,59-33-18-16-29-12-8-10-14-31(29)22-33)55-24-42(44)38(41(7,43)39(58-42)48-21-20-35(49)45-40(48)52)61-63(54,47-28(6)37(51)57-26(3)4)60-34-19-17-30-13-9-11-15-32(30)23-34/h8-23,25-28,38-39H,24H2,1-7H3,(H,46,53)(H,47,54)(H,45,49,52)/t27-,28-,38-,39+,41+,42+,62?,63?/m0/s1. The van der Waals surface area contributed by atoms with Crippen LogP contribution in [0.1, 0.15) is 54.7 Å². The van der Waals surface area contributed by atoms with Gasteiger partial charge >= 0.3 is 33.1 Å². The summed E-state index contributed by atoms with van der Waals surface area (Å²) >= 11 is 0. The molecule has 1 fully saturated rings. The average molecular weight is 917 g/mol. The van der Waals surface area contributed by atoms with E-state index >= 15 is 13.3 Å². The van der Waals surface area contributed by atoms with Crippen molar-refractivity contribution in [1.29, 1.82) is 0 Å². The number of fused-ring (bicyclic) bond motifs is 2. The molecule has 338 valence electrons. The van der Waals surface area contributed by atoms with Gasteiger partial charge in [0.05, 0.1) is 12.2 Å². The number of rotatable bonds is 18. The summed E-state index contributed by atoms with van der Waals surface area (Å²) in [7, 11) is -10.2. The number of ether oxygens (including phenoxy) is 3. The summed E-state index contributed by atoms with van der Waals surface area (Å²) in [5.74, 6) is -5.68. The smallest absolute Gasteiger partial charge is 0.460 e. The van der Waals surface area contributed by atoms with Crippen LogP contribution in [-0.2, 0) is 42.0 Å². The monoisotopic (exact) mass is 916 g/mol. The van der Waals surface area contributed by atoms with Crippen LogP contribution < -0.4 is 30.5 Å². The third-order valence-corrected chi connectivity index (χ3v) is 12.7. The maximum absolute atomic E-state index is 18.0. The molecule has 2 heterocycles. The van der Waals surface area contributed by atoms with E-state index in [1.54, 1.807) is 82.3 Å². The summed E-state index contributed by atoms with van der Waals surface area (Å²) in [6.07, 6.45) is -5.42. The van der Waals surface area contributed by atoms with Crippen LogP contribution in [0.5, 0.6) is 11.5 Å². The van der Waals surface area contributed by atoms with Crippen LogP contribution in [0.3, 0.4) is 0 Å². The second-order valence-corrected chi connectivity index (χ2v) is 18.9. The maximum Gasteiger partial charge on any atom is 0.460 e. The molecule has 1 aliphatic heterocycles. The molecule has 8 atom stereocenters. The van der Waals surface area contributed by atoms with Crippen molar-refractivity contribution < 1.29 is 59.8 Å². The number of carbonyl (C=O) groups excluding carboxylic acids is 2. The van der Waals surface area contributed by atoms with Gasteiger partial charge in [-0.3, -0.25) is 33.0 Å². The Morgan fingerprint density at radius 3 is 1.71 bits per heavy atom. The highest BCUT2D eigenvalue weighted by Gasteiger charge is 2.68. The number of nitrogens with one attached hydrogen (secondary N) is 3. The number of halogens is 2. The topological polar surface area (TPSA) is 212 Å². The SMILES string of the molecule is CC(C)OC(=O)[C@H](C)NP(=O)(OC[C@@]1(F)O[C@@H](n2ccc(=O)[nH]c2=O)[C@](C)(F)[C@@H]1OP(=O)(N[C@@H](C)C(=O)OC(C)C)Oc1ccc2ccccc2c1)Oc1ccc2ccccc2c1. The molecule has 3 N–H and O–H groups in total. The fraction of sp³-hybridized carbons (Fsp3) is 0.381. The van der Waals surface area contributed by atoms with Crippen molar-refractivity contribution in [3.05, 3.63) is 118 Å². The molecule has 0 spiro atoms. The van der Waals surface area contributed by atoms with Crippen LogP contribution in [-0.4, -0.2) is 70.0 Å².